The normalized spacial score (nSPS) is 11.1. The fourth-order valence-electron chi connectivity index (χ4n) is 1.13. The molecule has 0 nitrogen and oxygen atoms in total. The third kappa shape index (κ3) is 1.59. The zero-order valence-corrected chi connectivity index (χ0v) is 8.22. The van der Waals surface area contributed by atoms with Crippen molar-refractivity contribution in [3.05, 3.63) is 33.9 Å². The Morgan fingerprint density at radius 2 is 1.29 bits per heavy atom. The van der Waals surface area contributed by atoms with Crippen LogP contribution >= 0.6 is 11.6 Å². The lowest BCUT2D eigenvalue weighted by Crippen LogP contribution is -2.04. The van der Waals surface area contributed by atoms with E-state index in [2.05, 4.69) is 0 Å². The lowest BCUT2D eigenvalue weighted by Gasteiger charge is -2.11. The molecule has 0 bridgehead atoms. The van der Waals surface area contributed by atoms with E-state index < -0.39 is 34.2 Å². The van der Waals surface area contributed by atoms with E-state index in [1.165, 1.54) is 13.8 Å². The van der Waals surface area contributed by atoms with Crippen molar-refractivity contribution in [3.63, 3.8) is 0 Å². The average Bonchev–Trinajstić information content (AvgIpc) is 2.11. The fourth-order valence-corrected chi connectivity index (χ4v) is 1.51. The van der Waals surface area contributed by atoms with Crippen LogP contribution in [0.25, 0.3) is 0 Å². The molecule has 0 aliphatic rings. The highest BCUT2D eigenvalue weighted by Gasteiger charge is 2.25. The first-order valence-electron chi connectivity index (χ1n) is 3.89. The van der Waals surface area contributed by atoms with E-state index in [1.807, 2.05) is 0 Å². The van der Waals surface area contributed by atoms with Gasteiger partial charge in [-0.1, -0.05) is 25.4 Å². The minimum Gasteiger partial charge on any atom is -0.203 e. The number of rotatable bonds is 1. The zero-order chi connectivity index (χ0) is 11.0. The van der Waals surface area contributed by atoms with Gasteiger partial charge in [-0.3, -0.25) is 0 Å². The highest BCUT2D eigenvalue weighted by molar-refractivity contribution is 6.31. The zero-order valence-electron chi connectivity index (χ0n) is 7.47. The molecule has 0 aromatic heterocycles. The van der Waals surface area contributed by atoms with Crippen LogP contribution in [0.3, 0.4) is 0 Å². The van der Waals surface area contributed by atoms with Gasteiger partial charge in [0.2, 0.25) is 0 Å². The van der Waals surface area contributed by atoms with E-state index in [0.717, 1.165) is 0 Å². The van der Waals surface area contributed by atoms with Crippen molar-refractivity contribution in [3.8, 4) is 0 Å². The summed E-state index contributed by atoms with van der Waals surface area (Å²) in [5, 5.41) is -0.698. The first kappa shape index (κ1) is 11.3. The van der Waals surface area contributed by atoms with Gasteiger partial charge in [0.05, 0.1) is 5.02 Å². The molecule has 0 aliphatic heterocycles. The van der Waals surface area contributed by atoms with Crippen molar-refractivity contribution in [2.45, 2.75) is 19.8 Å². The van der Waals surface area contributed by atoms with Gasteiger partial charge in [-0.05, 0) is 5.92 Å². The summed E-state index contributed by atoms with van der Waals surface area (Å²) in [5.74, 6) is -7.20. The molecule has 0 unspecified atom stereocenters. The van der Waals surface area contributed by atoms with E-state index in [-0.39, 0.29) is 5.56 Å². The SMILES string of the molecule is CC(C)c1c(F)c(F)c(F)c(F)c1Cl. The Bertz CT molecular complexity index is 345. The second-order valence-corrected chi connectivity index (χ2v) is 3.52. The molecule has 0 saturated carbocycles. The molecule has 0 atom stereocenters. The molecule has 1 aromatic rings. The monoisotopic (exact) mass is 226 g/mol. The van der Waals surface area contributed by atoms with Crippen molar-refractivity contribution in [1.29, 1.82) is 0 Å². The molecule has 0 aliphatic carbocycles. The van der Waals surface area contributed by atoms with Crippen molar-refractivity contribution in [1.82, 2.24) is 0 Å². The maximum Gasteiger partial charge on any atom is 0.199 e. The third-order valence-corrected chi connectivity index (χ3v) is 2.19. The maximum absolute atomic E-state index is 13.1. The molecule has 0 heterocycles. The van der Waals surface area contributed by atoms with Crippen LogP contribution < -0.4 is 0 Å². The molecular formula is C9H7ClF4. The summed E-state index contributed by atoms with van der Waals surface area (Å²) >= 11 is 5.35. The van der Waals surface area contributed by atoms with Crippen LogP contribution in [0.4, 0.5) is 17.6 Å². The molecule has 0 amide bonds. The summed E-state index contributed by atoms with van der Waals surface area (Å²) in [4.78, 5) is 0. The van der Waals surface area contributed by atoms with Crippen LogP contribution in [0, 0.1) is 23.3 Å². The number of halogens is 5. The van der Waals surface area contributed by atoms with Gasteiger partial charge < -0.3 is 0 Å². The first-order valence-corrected chi connectivity index (χ1v) is 4.27. The van der Waals surface area contributed by atoms with E-state index in [1.54, 1.807) is 0 Å². The van der Waals surface area contributed by atoms with E-state index in [9.17, 15) is 17.6 Å². The third-order valence-electron chi connectivity index (χ3n) is 1.82. The van der Waals surface area contributed by atoms with E-state index in [4.69, 9.17) is 11.6 Å². The molecule has 1 rings (SSSR count). The predicted molar refractivity (Wildman–Crippen MR) is 45.4 cm³/mol. The van der Waals surface area contributed by atoms with Crippen LogP contribution in [-0.2, 0) is 0 Å². The summed E-state index contributed by atoms with van der Waals surface area (Å²) in [6.07, 6.45) is 0. The molecule has 5 heteroatoms. The molecule has 0 radical (unpaired) electrons. The van der Waals surface area contributed by atoms with Gasteiger partial charge >= 0.3 is 0 Å². The van der Waals surface area contributed by atoms with Gasteiger partial charge in [0.1, 0.15) is 0 Å². The van der Waals surface area contributed by atoms with Gasteiger partial charge in [0, 0.05) is 5.56 Å². The van der Waals surface area contributed by atoms with Crippen LogP contribution in [-0.4, -0.2) is 0 Å². The molecular weight excluding hydrogens is 220 g/mol. The average molecular weight is 227 g/mol. The standard InChI is InChI=1S/C9H7ClF4/c1-3(2)4-5(10)7(12)9(14)8(13)6(4)11/h3H,1-2H3. The van der Waals surface area contributed by atoms with E-state index in [0.29, 0.717) is 0 Å². The van der Waals surface area contributed by atoms with Crippen molar-refractivity contribution < 1.29 is 17.6 Å². The Balaban J connectivity index is 3.60. The molecule has 0 saturated heterocycles. The molecule has 0 fully saturated rings. The predicted octanol–water partition coefficient (Wildman–Crippen LogP) is 4.02. The molecule has 78 valence electrons. The number of hydrogen-bond donors (Lipinski definition) is 0. The molecule has 0 N–H and O–H groups in total. The van der Waals surface area contributed by atoms with Crippen molar-refractivity contribution >= 4 is 11.6 Å². The maximum atomic E-state index is 13.1. The van der Waals surface area contributed by atoms with Gasteiger partial charge in [-0.15, -0.1) is 0 Å². The topological polar surface area (TPSA) is 0 Å². The second-order valence-electron chi connectivity index (χ2n) is 3.14. The van der Waals surface area contributed by atoms with Gasteiger partial charge in [0.15, 0.2) is 23.3 Å². The summed E-state index contributed by atoms with van der Waals surface area (Å²) in [5.41, 5.74) is -0.344. The largest absolute Gasteiger partial charge is 0.203 e. The van der Waals surface area contributed by atoms with Crippen molar-refractivity contribution in [2.75, 3.05) is 0 Å². The van der Waals surface area contributed by atoms with Crippen molar-refractivity contribution in [2.24, 2.45) is 0 Å². The van der Waals surface area contributed by atoms with Crippen LogP contribution in [0.15, 0.2) is 0 Å². The molecule has 1 aromatic carbocycles. The van der Waals surface area contributed by atoms with Crippen LogP contribution in [0.2, 0.25) is 5.02 Å². The fraction of sp³-hybridized carbons (Fsp3) is 0.333. The highest BCUT2D eigenvalue weighted by Crippen LogP contribution is 2.32. The summed E-state index contributed by atoms with van der Waals surface area (Å²) in [6, 6.07) is 0. The Hall–Kier alpha value is -0.770. The Morgan fingerprint density at radius 1 is 0.857 bits per heavy atom. The second kappa shape index (κ2) is 3.77. The van der Waals surface area contributed by atoms with Crippen LogP contribution in [0.1, 0.15) is 25.3 Å². The first-order chi connectivity index (χ1) is 6.37. The minimum atomic E-state index is -1.88. The Kier molecular flexibility index (Phi) is 3.04. The smallest absolute Gasteiger partial charge is 0.199 e. The number of hydrogen-bond acceptors (Lipinski definition) is 0. The van der Waals surface area contributed by atoms with Crippen LogP contribution in [0.5, 0.6) is 0 Å². The quantitative estimate of drug-likeness (QED) is 0.385. The van der Waals surface area contributed by atoms with Gasteiger partial charge in [-0.2, -0.15) is 0 Å². The molecule has 14 heavy (non-hydrogen) atoms. The summed E-state index contributed by atoms with van der Waals surface area (Å²) in [7, 11) is 0. The summed E-state index contributed by atoms with van der Waals surface area (Å²) < 4.78 is 51.3. The molecule has 0 spiro atoms. The number of benzene rings is 1. The Labute approximate surface area is 83.5 Å². The lowest BCUT2D eigenvalue weighted by atomic mass is 10.0. The van der Waals surface area contributed by atoms with Gasteiger partial charge in [0.25, 0.3) is 0 Å². The van der Waals surface area contributed by atoms with E-state index >= 15 is 0 Å². The highest BCUT2D eigenvalue weighted by atomic mass is 35.5. The Morgan fingerprint density at radius 3 is 1.71 bits per heavy atom. The minimum absolute atomic E-state index is 0.344. The van der Waals surface area contributed by atoms with Gasteiger partial charge in [-0.25, -0.2) is 17.6 Å². The summed E-state index contributed by atoms with van der Waals surface area (Å²) in [6.45, 7) is 3.00. The lowest BCUT2D eigenvalue weighted by molar-refractivity contribution is 0.402.